The molecule has 0 bridgehead atoms. The van der Waals surface area contributed by atoms with Gasteiger partial charge in [-0.25, -0.2) is 14.3 Å². The number of para-hydroxylation sites is 1. The van der Waals surface area contributed by atoms with Crippen molar-refractivity contribution in [3.8, 4) is 11.6 Å². The second-order valence-electron chi connectivity index (χ2n) is 9.41. The monoisotopic (exact) mass is 573 g/mol. The Kier molecular flexibility index (Phi) is 11.1. The Hall–Kier alpha value is -4.62. The molecule has 1 aliphatic heterocycles. The van der Waals surface area contributed by atoms with Crippen LogP contribution < -0.4 is 10.1 Å². The Morgan fingerprint density at radius 1 is 1.02 bits per heavy atom. The fourth-order valence-electron chi connectivity index (χ4n) is 4.06. The van der Waals surface area contributed by atoms with Crippen molar-refractivity contribution in [1.29, 1.82) is 0 Å². The lowest BCUT2D eigenvalue weighted by molar-refractivity contribution is -0.150. The van der Waals surface area contributed by atoms with Crippen molar-refractivity contribution in [2.24, 2.45) is 0 Å². The van der Waals surface area contributed by atoms with Gasteiger partial charge in [-0.1, -0.05) is 18.2 Å². The van der Waals surface area contributed by atoms with Gasteiger partial charge >= 0.3 is 18.0 Å². The number of nitrogens with one attached hydrogen (secondary N) is 1. The van der Waals surface area contributed by atoms with E-state index >= 15 is 0 Å². The van der Waals surface area contributed by atoms with Crippen LogP contribution in [-0.4, -0.2) is 106 Å². The minimum Gasteiger partial charge on any atom is -0.481 e. The van der Waals surface area contributed by atoms with E-state index < -0.39 is 42.5 Å². The van der Waals surface area contributed by atoms with Gasteiger partial charge in [-0.3, -0.25) is 14.4 Å². The Bertz CT molecular complexity index is 1220. The van der Waals surface area contributed by atoms with Crippen LogP contribution in [0.1, 0.15) is 44.1 Å². The quantitative estimate of drug-likeness (QED) is 0.355. The van der Waals surface area contributed by atoms with Crippen molar-refractivity contribution in [1.82, 2.24) is 24.9 Å². The predicted octanol–water partition coefficient (Wildman–Crippen LogP) is 1.47. The molecule has 1 aliphatic rings. The molecule has 2 heterocycles. The molecule has 1 unspecified atom stereocenters. The molecule has 0 radical (unpaired) electrons. The van der Waals surface area contributed by atoms with Gasteiger partial charge in [0.1, 0.15) is 6.04 Å². The summed E-state index contributed by atoms with van der Waals surface area (Å²) in [6, 6.07) is 8.94. The van der Waals surface area contributed by atoms with Crippen LogP contribution in [0.3, 0.4) is 0 Å². The van der Waals surface area contributed by atoms with Crippen molar-refractivity contribution >= 4 is 29.8 Å². The highest BCUT2D eigenvalue weighted by Gasteiger charge is 2.31. The lowest BCUT2D eigenvalue weighted by Gasteiger charge is -2.35. The van der Waals surface area contributed by atoms with E-state index in [-0.39, 0.29) is 63.3 Å². The minimum absolute atomic E-state index is 0.0885. The molecule has 14 nitrogen and oxygen atoms in total. The summed E-state index contributed by atoms with van der Waals surface area (Å²) < 4.78 is 17.0. The van der Waals surface area contributed by atoms with E-state index in [1.807, 2.05) is 0 Å². The number of carbonyl (C=O) groups excluding carboxylic acids is 4. The van der Waals surface area contributed by atoms with E-state index in [0.717, 1.165) is 0 Å². The molecule has 0 aliphatic carbocycles. The molecule has 2 aromatic rings. The van der Waals surface area contributed by atoms with Gasteiger partial charge in [0.05, 0.1) is 18.4 Å². The van der Waals surface area contributed by atoms with Crippen LogP contribution in [-0.2, 0) is 23.9 Å². The fraction of sp³-hybridized carbons (Fsp3) is 0.481. The molecule has 3 rings (SSSR count). The van der Waals surface area contributed by atoms with Crippen molar-refractivity contribution in [3.05, 3.63) is 42.1 Å². The fourth-order valence-corrected chi connectivity index (χ4v) is 4.06. The summed E-state index contributed by atoms with van der Waals surface area (Å²) in [4.78, 5) is 64.8. The van der Waals surface area contributed by atoms with Crippen LogP contribution in [0.25, 0.3) is 5.69 Å². The van der Waals surface area contributed by atoms with E-state index in [9.17, 15) is 29.1 Å². The highest BCUT2D eigenvalue weighted by atomic mass is 16.6. The van der Waals surface area contributed by atoms with Crippen molar-refractivity contribution in [2.45, 2.75) is 45.8 Å². The smallest absolute Gasteiger partial charge is 0.409 e. The van der Waals surface area contributed by atoms with Gasteiger partial charge in [0, 0.05) is 38.7 Å². The molecule has 3 amide bonds. The first-order valence-electron chi connectivity index (χ1n) is 13.3. The standard InChI is InChI=1S/C27H35N5O9/c1-4-39-27(38)31-14-12-30(13-15-31)26(37)20(10-11-23(33)34)28-25(36)21-16-22(40-17-24(35)41-18(2)3)32(29-21)19-8-6-5-7-9-19/h5-9,16,18,20H,4,10-15,17H2,1-3H3,(H,28,36)(H,33,34). The second kappa shape index (κ2) is 14.7. The summed E-state index contributed by atoms with van der Waals surface area (Å²) in [6.07, 6.45) is -1.31. The van der Waals surface area contributed by atoms with E-state index in [4.69, 9.17) is 14.2 Å². The van der Waals surface area contributed by atoms with Gasteiger partial charge in [-0.05, 0) is 39.3 Å². The summed E-state index contributed by atoms with van der Waals surface area (Å²) in [7, 11) is 0. The van der Waals surface area contributed by atoms with Crippen molar-refractivity contribution in [3.63, 3.8) is 0 Å². The van der Waals surface area contributed by atoms with Crippen LogP contribution in [0.2, 0.25) is 0 Å². The Morgan fingerprint density at radius 2 is 1.68 bits per heavy atom. The molecule has 1 saturated heterocycles. The van der Waals surface area contributed by atoms with Crippen molar-refractivity contribution < 1.29 is 43.3 Å². The average molecular weight is 574 g/mol. The number of aliphatic carboxylic acids is 1. The number of ether oxygens (including phenoxy) is 3. The van der Waals surface area contributed by atoms with E-state index in [2.05, 4.69) is 10.4 Å². The van der Waals surface area contributed by atoms with E-state index in [1.54, 1.807) is 51.1 Å². The van der Waals surface area contributed by atoms with Crippen LogP contribution in [0.4, 0.5) is 4.79 Å². The zero-order valence-electron chi connectivity index (χ0n) is 23.3. The molecule has 2 N–H and O–H groups in total. The molecule has 1 fully saturated rings. The molecule has 14 heteroatoms. The topological polar surface area (TPSA) is 170 Å². The molecule has 222 valence electrons. The molecular weight excluding hydrogens is 538 g/mol. The number of hydrogen-bond acceptors (Lipinski definition) is 9. The molecule has 1 aromatic carbocycles. The normalized spacial score (nSPS) is 13.9. The predicted molar refractivity (Wildman–Crippen MR) is 144 cm³/mol. The maximum absolute atomic E-state index is 13.3. The number of benzene rings is 1. The highest BCUT2D eigenvalue weighted by molar-refractivity contribution is 5.96. The largest absolute Gasteiger partial charge is 0.481 e. The van der Waals surface area contributed by atoms with Crippen LogP contribution in [0.5, 0.6) is 5.88 Å². The summed E-state index contributed by atoms with van der Waals surface area (Å²) in [5.41, 5.74) is 0.443. The zero-order valence-corrected chi connectivity index (χ0v) is 23.3. The summed E-state index contributed by atoms with van der Waals surface area (Å²) >= 11 is 0. The third-order valence-electron chi connectivity index (χ3n) is 5.98. The Balaban J connectivity index is 1.76. The molecule has 1 atom stereocenters. The van der Waals surface area contributed by atoms with Gasteiger partial charge in [-0.2, -0.15) is 5.10 Å². The number of amides is 3. The lowest BCUT2D eigenvalue weighted by Crippen LogP contribution is -2.56. The number of carbonyl (C=O) groups is 5. The van der Waals surface area contributed by atoms with Crippen molar-refractivity contribution in [2.75, 3.05) is 39.4 Å². The lowest BCUT2D eigenvalue weighted by atomic mass is 10.1. The Morgan fingerprint density at radius 3 is 2.29 bits per heavy atom. The number of hydrogen-bond donors (Lipinski definition) is 2. The number of esters is 1. The SMILES string of the molecule is CCOC(=O)N1CCN(C(=O)C(CCC(=O)O)NC(=O)c2cc(OCC(=O)OC(C)C)n(-c3ccccc3)n2)CC1. The molecule has 41 heavy (non-hydrogen) atoms. The summed E-state index contributed by atoms with van der Waals surface area (Å²) in [5.74, 6) is -2.84. The molecular formula is C27H35N5O9. The molecule has 1 aromatic heterocycles. The minimum atomic E-state index is -1.15. The first kappa shape index (κ1) is 30.9. The summed E-state index contributed by atoms with van der Waals surface area (Å²) in [5, 5.41) is 16.1. The second-order valence-corrected chi connectivity index (χ2v) is 9.41. The van der Waals surface area contributed by atoms with Crippen LogP contribution >= 0.6 is 0 Å². The van der Waals surface area contributed by atoms with Gasteiger partial charge in [0.2, 0.25) is 11.8 Å². The average Bonchev–Trinajstić information content (AvgIpc) is 3.38. The molecule has 0 saturated carbocycles. The van der Waals surface area contributed by atoms with Gasteiger partial charge in [0.15, 0.2) is 12.3 Å². The molecule has 0 spiro atoms. The number of nitrogens with zero attached hydrogens (tertiary/aromatic N) is 4. The number of carboxylic acids is 1. The van der Waals surface area contributed by atoms with Gasteiger partial charge in [0.25, 0.3) is 5.91 Å². The third-order valence-corrected chi connectivity index (χ3v) is 5.98. The van der Waals surface area contributed by atoms with Gasteiger partial charge in [-0.15, -0.1) is 0 Å². The zero-order chi connectivity index (χ0) is 29.9. The first-order chi connectivity index (χ1) is 19.6. The third kappa shape index (κ3) is 8.95. The van der Waals surface area contributed by atoms with E-state index in [1.165, 1.54) is 20.5 Å². The van der Waals surface area contributed by atoms with E-state index in [0.29, 0.717) is 5.69 Å². The number of piperazine rings is 1. The number of carboxylic acid groups (broad SMARTS) is 1. The number of rotatable bonds is 12. The number of aromatic nitrogens is 2. The van der Waals surface area contributed by atoms with Crippen LogP contribution in [0, 0.1) is 0 Å². The summed E-state index contributed by atoms with van der Waals surface area (Å²) in [6.45, 7) is 5.80. The van der Waals surface area contributed by atoms with Crippen LogP contribution in [0.15, 0.2) is 36.4 Å². The maximum atomic E-state index is 13.3. The maximum Gasteiger partial charge on any atom is 0.409 e. The first-order valence-corrected chi connectivity index (χ1v) is 13.3. The highest BCUT2D eigenvalue weighted by Crippen LogP contribution is 2.20. The Labute approximate surface area is 237 Å². The van der Waals surface area contributed by atoms with Gasteiger partial charge < -0.3 is 34.4 Å².